The van der Waals surface area contributed by atoms with Crippen molar-refractivity contribution in [1.29, 1.82) is 0 Å². The van der Waals surface area contributed by atoms with Gasteiger partial charge in [-0.05, 0) is 25.2 Å². The molecule has 1 aliphatic rings. The molecular formula is C14H21N3O2. The van der Waals surface area contributed by atoms with Crippen LogP contribution in [0.15, 0.2) is 6.20 Å². The average molecular weight is 263 g/mol. The second-order valence-electron chi connectivity index (χ2n) is 5.54. The number of aryl methyl sites for hydroxylation is 1. The molecule has 0 spiro atoms. The van der Waals surface area contributed by atoms with E-state index < -0.39 is 5.97 Å². The molecule has 1 aromatic rings. The summed E-state index contributed by atoms with van der Waals surface area (Å²) in [5, 5.41) is 3.30. The largest absolute Gasteiger partial charge is 0.465 e. The van der Waals surface area contributed by atoms with Gasteiger partial charge in [0.2, 0.25) is 0 Å². The van der Waals surface area contributed by atoms with Gasteiger partial charge in [-0.1, -0.05) is 19.8 Å². The molecule has 0 radical (unpaired) electrons. The molecule has 5 heteroatoms. The Bertz CT molecular complexity index is 468. The van der Waals surface area contributed by atoms with E-state index in [9.17, 15) is 4.79 Å². The summed E-state index contributed by atoms with van der Waals surface area (Å²) in [5.74, 6) is 0.818. The third-order valence-corrected chi connectivity index (χ3v) is 3.81. The monoisotopic (exact) mass is 263 g/mol. The maximum absolute atomic E-state index is 11.7. The standard InChI is InChI=1S/C14H21N3O2/c1-10-15-8-11(13(18)19-3)12(17-10)16-9-14(2)6-4-5-7-14/h8H,4-7,9H2,1-3H3,(H,15,16,17). The minimum atomic E-state index is -0.404. The molecule has 0 unspecified atom stereocenters. The highest BCUT2D eigenvalue weighted by Crippen LogP contribution is 2.37. The van der Waals surface area contributed by atoms with Gasteiger partial charge in [0.15, 0.2) is 0 Å². The van der Waals surface area contributed by atoms with Crippen LogP contribution < -0.4 is 5.32 Å². The lowest BCUT2D eigenvalue weighted by Crippen LogP contribution is -2.24. The summed E-state index contributed by atoms with van der Waals surface area (Å²) in [7, 11) is 1.37. The Hall–Kier alpha value is -1.65. The number of hydrogen-bond acceptors (Lipinski definition) is 5. The van der Waals surface area contributed by atoms with Crippen LogP contribution in [0.2, 0.25) is 0 Å². The van der Waals surface area contributed by atoms with Crippen molar-refractivity contribution in [3.63, 3.8) is 0 Å². The van der Waals surface area contributed by atoms with Gasteiger partial charge in [0.1, 0.15) is 17.2 Å². The Morgan fingerprint density at radius 3 is 2.79 bits per heavy atom. The van der Waals surface area contributed by atoms with Crippen molar-refractivity contribution in [2.75, 3.05) is 19.0 Å². The third-order valence-electron chi connectivity index (χ3n) is 3.81. The lowest BCUT2D eigenvalue weighted by atomic mass is 9.89. The fourth-order valence-corrected chi connectivity index (χ4v) is 2.57. The number of carbonyl (C=O) groups is 1. The Balaban J connectivity index is 2.14. The number of ether oxygens (including phenoxy) is 1. The van der Waals surface area contributed by atoms with E-state index in [1.807, 2.05) is 6.92 Å². The van der Waals surface area contributed by atoms with Crippen molar-refractivity contribution >= 4 is 11.8 Å². The molecule has 0 bridgehead atoms. The van der Waals surface area contributed by atoms with Crippen LogP contribution in [-0.4, -0.2) is 29.6 Å². The molecule has 5 nitrogen and oxygen atoms in total. The van der Waals surface area contributed by atoms with Crippen molar-refractivity contribution < 1.29 is 9.53 Å². The Kier molecular flexibility index (Phi) is 4.02. The molecule has 0 aliphatic heterocycles. The third kappa shape index (κ3) is 3.22. The van der Waals surface area contributed by atoms with Crippen LogP contribution in [0.25, 0.3) is 0 Å². The Morgan fingerprint density at radius 1 is 1.47 bits per heavy atom. The molecule has 1 N–H and O–H groups in total. The molecule has 19 heavy (non-hydrogen) atoms. The van der Waals surface area contributed by atoms with Crippen LogP contribution in [0.5, 0.6) is 0 Å². The zero-order chi connectivity index (χ0) is 13.9. The van der Waals surface area contributed by atoms with Crippen molar-refractivity contribution in [2.45, 2.75) is 39.5 Å². The molecule has 0 atom stereocenters. The van der Waals surface area contributed by atoms with Crippen molar-refractivity contribution in [3.05, 3.63) is 17.6 Å². The van der Waals surface area contributed by atoms with Crippen LogP contribution in [-0.2, 0) is 4.74 Å². The number of nitrogens with zero attached hydrogens (tertiary/aromatic N) is 2. The number of carbonyl (C=O) groups excluding carboxylic acids is 1. The first-order valence-corrected chi connectivity index (χ1v) is 6.70. The molecule has 1 heterocycles. The molecule has 1 aliphatic carbocycles. The number of esters is 1. The average Bonchev–Trinajstić information content (AvgIpc) is 2.83. The van der Waals surface area contributed by atoms with E-state index in [1.54, 1.807) is 0 Å². The summed E-state index contributed by atoms with van der Waals surface area (Å²) in [4.78, 5) is 20.0. The van der Waals surface area contributed by atoms with Crippen molar-refractivity contribution in [3.8, 4) is 0 Å². The van der Waals surface area contributed by atoms with Crippen molar-refractivity contribution in [2.24, 2.45) is 5.41 Å². The fourth-order valence-electron chi connectivity index (χ4n) is 2.57. The second kappa shape index (κ2) is 5.55. The first-order chi connectivity index (χ1) is 9.04. The molecule has 0 aromatic carbocycles. The minimum Gasteiger partial charge on any atom is -0.465 e. The number of methoxy groups -OCH3 is 1. The van der Waals surface area contributed by atoms with Crippen LogP contribution in [0.3, 0.4) is 0 Å². The first-order valence-electron chi connectivity index (χ1n) is 6.70. The predicted octanol–water partition coefficient (Wildman–Crippen LogP) is 2.56. The molecule has 1 saturated carbocycles. The quantitative estimate of drug-likeness (QED) is 0.846. The van der Waals surface area contributed by atoms with Crippen LogP contribution in [0.1, 0.15) is 48.8 Å². The summed E-state index contributed by atoms with van der Waals surface area (Å²) < 4.78 is 4.75. The van der Waals surface area contributed by atoms with Crippen LogP contribution in [0, 0.1) is 12.3 Å². The first kappa shape index (κ1) is 13.8. The fraction of sp³-hybridized carbons (Fsp3) is 0.643. The topological polar surface area (TPSA) is 64.1 Å². The van der Waals surface area contributed by atoms with E-state index in [4.69, 9.17) is 4.74 Å². The highest BCUT2D eigenvalue weighted by Gasteiger charge is 2.29. The van der Waals surface area contributed by atoms with Gasteiger partial charge in [-0.25, -0.2) is 14.8 Å². The smallest absolute Gasteiger partial charge is 0.343 e. The lowest BCUT2D eigenvalue weighted by molar-refractivity contribution is 0.0601. The molecule has 0 amide bonds. The van der Waals surface area contributed by atoms with E-state index in [2.05, 4.69) is 22.2 Å². The maximum atomic E-state index is 11.7. The van der Waals surface area contributed by atoms with Gasteiger partial charge in [-0.3, -0.25) is 0 Å². The molecule has 1 fully saturated rings. The van der Waals surface area contributed by atoms with Crippen molar-refractivity contribution in [1.82, 2.24) is 9.97 Å². The van der Waals surface area contributed by atoms with Gasteiger partial charge in [0.05, 0.1) is 7.11 Å². The van der Waals surface area contributed by atoms with Crippen LogP contribution >= 0.6 is 0 Å². The van der Waals surface area contributed by atoms with E-state index in [1.165, 1.54) is 39.0 Å². The van der Waals surface area contributed by atoms with E-state index in [0.717, 1.165) is 6.54 Å². The van der Waals surface area contributed by atoms with Gasteiger partial charge >= 0.3 is 5.97 Å². The molecular weight excluding hydrogens is 242 g/mol. The molecule has 104 valence electrons. The summed E-state index contributed by atoms with van der Waals surface area (Å²) in [6.07, 6.45) is 6.53. The predicted molar refractivity (Wildman–Crippen MR) is 73.2 cm³/mol. The van der Waals surface area contributed by atoms with E-state index in [-0.39, 0.29) is 0 Å². The van der Waals surface area contributed by atoms with Gasteiger partial charge in [-0.15, -0.1) is 0 Å². The molecule has 2 rings (SSSR count). The normalized spacial score (nSPS) is 17.2. The lowest BCUT2D eigenvalue weighted by Gasteiger charge is -2.24. The summed E-state index contributed by atoms with van der Waals surface area (Å²) >= 11 is 0. The number of hydrogen-bond donors (Lipinski definition) is 1. The maximum Gasteiger partial charge on any atom is 0.343 e. The van der Waals surface area contributed by atoms with Gasteiger partial charge in [0, 0.05) is 12.7 Å². The zero-order valence-electron chi connectivity index (χ0n) is 11.8. The van der Waals surface area contributed by atoms with Gasteiger partial charge < -0.3 is 10.1 Å². The molecule has 0 saturated heterocycles. The van der Waals surface area contributed by atoms with E-state index >= 15 is 0 Å². The second-order valence-corrected chi connectivity index (χ2v) is 5.54. The van der Waals surface area contributed by atoms with E-state index in [0.29, 0.717) is 22.6 Å². The number of aromatic nitrogens is 2. The molecule has 1 aromatic heterocycles. The number of nitrogens with one attached hydrogen (secondary N) is 1. The summed E-state index contributed by atoms with van der Waals surface area (Å²) in [5.41, 5.74) is 0.696. The Labute approximate surface area is 113 Å². The SMILES string of the molecule is COC(=O)c1cnc(C)nc1NCC1(C)CCCC1. The highest BCUT2D eigenvalue weighted by molar-refractivity contribution is 5.94. The number of anilines is 1. The Morgan fingerprint density at radius 2 is 2.16 bits per heavy atom. The highest BCUT2D eigenvalue weighted by atomic mass is 16.5. The zero-order valence-corrected chi connectivity index (χ0v) is 11.8. The number of rotatable bonds is 4. The van der Waals surface area contributed by atoms with Gasteiger partial charge in [0.25, 0.3) is 0 Å². The van der Waals surface area contributed by atoms with Crippen LogP contribution in [0.4, 0.5) is 5.82 Å². The minimum absolute atomic E-state index is 0.298. The summed E-state index contributed by atoms with van der Waals surface area (Å²) in [6.45, 7) is 4.91. The van der Waals surface area contributed by atoms with Gasteiger partial charge in [-0.2, -0.15) is 0 Å². The summed E-state index contributed by atoms with van der Waals surface area (Å²) in [6, 6.07) is 0.